The molecule has 3 nitrogen and oxygen atoms in total. The number of amides is 1. The van der Waals surface area contributed by atoms with Crippen LogP contribution in [0.25, 0.3) is 10.8 Å². The van der Waals surface area contributed by atoms with Crippen molar-refractivity contribution in [2.75, 3.05) is 18.4 Å². The Labute approximate surface area is 116 Å². The lowest BCUT2D eigenvalue weighted by atomic mass is 9.91. The SMILES string of the molecule is O=C1Nc2cccc3c(C4CCN(Cl)C4)ccc1c23. The summed E-state index contributed by atoms with van der Waals surface area (Å²) in [7, 11) is 0. The van der Waals surface area contributed by atoms with Crippen LogP contribution in [0, 0.1) is 0 Å². The maximum Gasteiger partial charge on any atom is 0.256 e. The van der Waals surface area contributed by atoms with Crippen molar-refractivity contribution < 1.29 is 4.79 Å². The number of carbonyl (C=O) groups is 1. The summed E-state index contributed by atoms with van der Waals surface area (Å²) < 4.78 is 1.84. The van der Waals surface area contributed by atoms with Crippen LogP contribution < -0.4 is 5.32 Å². The van der Waals surface area contributed by atoms with E-state index in [4.69, 9.17) is 11.8 Å². The van der Waals surface area contributed by atoms with Crippen molar-refractivity contribution in [3.8, 4) is 0 Å². The summed E-state index contributed by atoms with van der Waals surface area (Å²) in [5, 5.41) is 5.18. The number of rotatable bonds is 1. The molecule has 0 bridgehead atoms. The van der Waals surface area contributed by atoms with Gasteiger partial charge in [0.25, 0.3) is 5.91 Å². The maximum atomic E-state index is 11.9. The number of nitrogens with zero attached hydrogens (tertiary/aromatic N) is 1. The first-order valence-electron chi connectivity index (χ1n) is 6.52. The van der Waals surface area contributed by atoms with E-state index < -0.39 is 0 Å². The molecule has 0 radical (unpaired) electrons. The fourth-order valence-electron chi connectivity index (χ4n) is 3.24. The molecule has 0 saturated carbocycles. The van der Waals surface area contributed by atoms with Gasteiger partial charge in [-0.15, -0.1) is 0 Å². The van der Waals surface area contributed by atoms with Crippen molar-refractivity contribution in [1.82, 2.24) is 4.42 Å². The van der Waals surface area contributed by atoms with E-state index in [0.29, 0.717) is 5.92 Å². The normalized spacial score (nSPS) is 22.2. The lowest BCUT2D eigenvalue weighted by Crippen LogP contribution is -2.07. The van der Waals surface area contributed by atoms with Crippen molar-refractivity contribution in [3.05, 3.63) is 41.5 Å². The van der Waals surface area contributed by atoms with Crippen LogP contribution in [0.15, 0.2) is 30.3 Å². The zero-order chi connectivity index (χ0) is 13.0. The van der Waals surface area contributed by atoms with Crippen molar-refractivity contribution in [2.45, 2.75) is 12.3 Å². The van der Waals surface area contributed by atoms with E-state index in [9.17, 15) is 4.79 Å². The van der Waals surface area contributed by atoms with Crippen LogP contribution in [-0.2, 0) is 0 Å². The van der Waals surface area contributed by atoms with Gasteiger partial charge in [0.15, 0.2) is 0 Å². The van der Waals surface area contributed by atoms with E-state index in [-0.39, 0.29) is 5.91 Å². The molecule has 1 N–H and O–H groups in total. The Bertz CT molecular complexity index is 698. The van der Waals surface area contributed by atoms with Crippen LogP contribution in [0.5, 0.6) is 0 Å². The molecule has 2 heterocycles. The minimum absolute atomic E-state index is 0.00291. The molecule has 2 aliphatic rings. The Kier molecular flexibility index (Phi) is 2.34. The molecule has 4 heteroatoms. The zero-order valence-electron chi connectivity index (χ0n) is 10.3. The Morgan fingerprint density at radius 3 is 2.95 bits per heavy atom. The third kappa shape index (κ3) is 1.58. The van der Waals surface area contributed by atoms with E-state index in [2.05, 4.69) is 17.4 Å². The fourth-order valence-corrected chi connectivity index (χ4v) is 3.50. The summed E-state index contributed by atoms with van der Waals surface area (Å²) in [5.41, 5.74) is 3.02. The Morgan fingerprint density at radius 2 is 2.16 bits per heavy atom. The highest BCUT2D eigenvalue weighted by Crippen LogP contribution is 2.39. The lowest BCUT2D eigenvalue weighted by Gasteiger charge is -2.13. The molecule has 2 aromatic carbocycles. The minimum atomic E-state index is 0.00291. The molecule has 1 amide bonds. The van der Waals surface area contributed by atoms with E-state index >= 15 is 0 Å². The van der Waals surface area contributed by atoms with Crippen LogP contribution in [0.2, 0.25) is 0 Å². The van der Waals surface area contributed by atoms with Crippen molar-refractivity contribution >= 4 is 34.1 Å². The maximum absolute atomic E-state index is 11.9. The molecule has 2 aromatic rings. The summed E-state index contributed by atoms with van der Waals surface area (Å²) >= 11 is 6.07. The van der Waals surface area contributed by atoms with Crippen molar-refractivity contribution in [1.29, 1.82) is 0 Å². The number of carbonyl (C=O) groups excluding carboxylic acids is 1. The molecule has 0 aromatic heterocycles. The number of hydrogen-bond donors (Lipinski definition) is 1. The first-order valence-corrected chi connectivity index (χ1v) is 6.85. The Morgan fingerprint density at radius 1 is 1.26 bits per heavy atom. The van der Waals surface area contributed by atoms with Gasteiger partial charge in [0, 0.05) is 29.7 Å². The summed E-state index contributed by atoms with van der Waals surface area (Å²) in [4.78, 5) is 11.9. The van der Waals surface area contributed by atoms with Crippen LogP contribution in [0.1, 0.15) is 28.3 Å². The molecule has 1 fully saturated rings. The largest absolute Gasteiger partial charge is 0.321 e. The lowest BCUT2D eigenvalue weighted by molar-refractivity contribution is 0.103. The fraction of sp³-hybridized carbons (Fsp3) is 0.267. The second-order valence-electron chi connectivity index (χ2n) is 5.24. The predicted octanol–water partition coefficient (Wildman–Crippen LogP) is 3.35. The third-order valence-corrected chi connectivity index (χ3v) is 4.45. The Hall–Kier alpha value is -1.58. The van der Waals surface area contributed by atoms with Gasteiger partial charge < -0.3 is 5.32 Å². The molecule has 1 atom stereocenters. The van der Waals surface area contributed by atoms with Crippen LogP contribution in [-0.4, -0.2) is 23.4 Å². The van der Waals surface area contributed by atoms with Gasteiger partial charge in [0.2, 0.25) is 0 Å². The van der Waals surface area contributed by atoms with Gasteiger partial charge in [-0.3, -0.25) is 4.79 Å². The second kappa shape index (κ2) is 3.95. The standard InChI is InChI=1S/C15H13ClN2O/c16-18-7-6-9(8-18)10-4-5-12-14-11(10)2-1-3-13(14)17-15(12)19/h1-5,9H,6-8H2,(H,17,19). The molecule has 4 rings (SSSR count). The molecule has 2 aliphatic heterocycles. The molecule has 96 valence electrons. The summed E-state index contributed by atoms with van der Waals surface area (Å²) in [6.45, 7) is 1.80. The number of hydrogen-bond acceptors (Lipinski definition) is 2. The minimum Gasteiger partial charge on any atom is -0.321 e. The van der Waals surface area contributed by atoms with E-state index in [1.165, 1.54) is 10.9 Å². The molecule has 19 heavy (non-hydrogen) atoms. The van der Waals surface area contributed by atoms with Gasteiger partial charge in [0.1, 0.15) is 0 Å². The number of anilines is 1. The van der Waals surface area contributed by atoms with Crippen LogP contribution in [0.4, 0.5) is 5.69 Å². The highest BCUT2D eigenvalue weighted by molar-refractivity contribution is 6.24. The smallest absolute Gasteiger partial charge is 0.256 e. The highest BCUT2D eigenvalue weighted by atomic mass is 35.5. The number of halogens is 1. The van der Waals surface area contributed by atoms with Gasteiger partial charge in [0.05, 0.1) is 0 Å². The third-order valence-electron chi connectivity index (χ3n) is 4.15. The van der Waals surface area contributed by atoms with E-state index in [1.807, 2.05) is 22.6 Å². The second-order valence-corrected chi connectivity index (χ2v) is 5.72. The molecule has 1 saturated heterocycles. The highest BCUT2D eigenvalue weighted by Gasteiger charge is 2.27. The summed E-state index contributed by atoms with van der Waals surface area (Å²) in [6, 6.07) is 10.1. The van der Waals surface area contributed by atoms with Crippen molar-refractivity contribution in [3.63, 3.8) is 0 Å². The van der Waals surface area contributed by atoms with Crippen LogP contribution in [0.3, 0.4) is 0 Å². The molecule has 0 spiro atoms. The van der Waals surface area contributed by atoms with E-state index in [1.54, 1.807) is 0 Å². The molecule has 1 unspecified atom stereocenters. The van der Waals surface area contributed by atoms with Crippen LogP contribution >= 0.6 is 11.8 Å². The average molecular weight is 273 g/mol. The monoisotopic (exact) mass is 272 g/mol. The quantitative estimate of drug-likeness (QED) is 0.808. The molecular weight excluding hydrogens is 260 g/mol. The van der Waals surface area contributed by atoms with Gasteiger partial charge in [-0.1, -0.05) is 18.2 Å². The molecular formula is C15H13ClN2O. The van der Waals surface area contributed by atoms with Gasteiger partial charge in [-0.05, 0) is 47.2 Å². The van der Waals surface area contributed by atoms with E-state index in [0.717, 1.165) is 36.1 Å². The number of benzene rings is 2. The number of nitrogens with one attached hydrogen (secondary N) is 1. The van der Waals surface area contributed by atoms with Gasteiger partial charge in [-0.2, -0.15) is 0 Å². The van der Waals surface area contributed by atoms with Gasteiger partial charge in [-0.25, -0.2) is 4.42 Å². The van der Waals surface area contributed by atoms with Gasteiger partial charge >= 0.3 is 0 Å². The first kappa shape index (κ1) is 11.3. The predicted molar refractivity (Wildman–Crippen MR) is 76.7 cm³/mol. The zero-order valence-corrected chi connectivity index (χ0v) is 11.1. The summed E-state index contributed by atoms with van der Waals surface area (Å²) in [6.07, 6.45) is 1.07. The average Bonchev–Trinajstić information content (AvgIpc) is 2.96. The topological polar surface area (TPSA) is 32.3 Å². The van der Waals surface area contributed by atoms with Crippen molar-refractivity contribution in [2.24, 2.45) is 0 Å². The first-order chi connectivity index (χ1) is 9.24. The Balaban J connectivity index is 1.95. The molecule has 0 aliphatic carbocycles. The summed E-state index contributed by atoms with van der Waals surface area (Å²) in [5.74, 6) is 0.459.